The maximum atomic E-state index is 12.1. The van der Waals surface area contributed by atoms with Gasteiger partial charge in [-0.1, -0.05) is 11.3 Å². The van der Waals surface area contributed by atoms with Gasteiger partial charge in [-0.25, -0.2) is 8.42 Å². The first-order valence-electron chi connectivity index (χ1n) is 4.78. The summed E-state index contributed by atoms with van der Waals surface area (Å²) >= 11 is 0.901. The van der Waals surface area contributed by atoms with Crippen LogP contribution in [0.5, 0.6) is 0 Å². The fourth-order valence-electron chi connectivity index (χ4n) is 1.46. The van der Waals surface area contributed by atoms with E-state index in [1.165, 1.54) is 4.31 Å². The lowest BCUT2D eigenvalue weighted by molar-refractivity contribution is 0.222. The lowest BCUT2D eigenvalue weighted by Crippen LogP contribution is -2.46. The number of nitrogens with zero attached hydrogens (tertiary/aromatic N) is 4. The predicted octanol–water partition coefficient (Wildman–Crippen LogP) is -0.944. The van der Waals surface area contributed by atoms with Gasteiger partial charge in [0.1, 0.15) is 0 Å². The van der Waals surface area contributed by atoms with Crippen molar-refractivity contribution in [3.63, 3.8) is 0 Å². The number of hydrogen-bond acceptors (Lipinski definition) is 7. The highest BCUT2D eigenvalue weighted by Crippen LogP contribution is 2.21. The van der Waals surface area contributed by atoms with Gasteiger partial charge in [0, 0.05) is 26.2 Å². The number of likely N-dealkylation sites (N-methyl/N-ethyl adjacent to an activating group) is 1. The quantitative estimate of drug-likeness (QED) is 0.740. The summed E-state index contributed by atoms with van der Waals surface area (Å²) in [6.07, 6.45) is 0. The zero-order valence-corrected chi connectivity index (χ0v) is 10.5. The van der Waals surface area contributed by atoms with E-state index in [0.29, 0.717) is 13.1 Å². The second-order valence-electron chi connectivity index (χ2n) is 3.61. The molecule has 0 unspecified atom stereocenters. The van der Waals surface area contributed by atoms with Crippen LogP contribution >= 0.6 is 11.3 Å². The molecule has 90 valence electrons. The van der Waals surface area contributed by atoms with E-state index in [4.69, 9.17) is 5.73 Å². The molecule has 0 spiro atoms. The Kier molecular flexibility index (Phi) is 3.10. The van der Waals surface area contributed by atoms with Gasteiger partial charge in [-0.05, 0) is 7.05 Å². The fraction of sp³-hybridized carbons (Fsp3) is 0.714. The van der Waals surface area contributed by atoms with E-state index in [0.717, 1.165) is 24.4 Å². The summed E-state index contributed by atoms with van der Waals surface area (Å²) in [5, 5.41) is 7.28. The standard InChI is InChI=1S/C7H13N5O2S2/c1-11-2-4-12(5-3-11)16(13,14)7-10-9-6(8)15-7/h2-5H2,1H3,(H2,8,9). The molecule has 1 aromatic rings. The molecule has 0 amide bonds. The van der Waals surface area contributed by atoms with E-state index in [1.807, 2.05) is 7.05 Å². The molecule has 1 fully saturated rings. The maximum Gasteiger partial charge on any atom is 0.272 e. The molecule has 0 saturated carbocycles. The minimum atomic E-state index is -3.49. The molecule has 1 aliphatic rings. The van der Waals surface area contributed by atoms with Gasteiger partial charge in [-0.15, -0.1) is 10.2 Å². The molecule has 1 aliphatic heterocycles. The third-order valence-corrected chi connectivity index (χ3v) is 5.44. The van der Waals surface area contributed by atoms with Gasteiger partial charge in [0.05, 0.1) is 0 Å². The van der Waals surface area contributed by atoms with Crippen LogP contribution in [0.25, 0.3) is 0 Å². The van der Waals surface area contributed by atoms with Crippen molar-refractivity contribution >= 4 is 26.5 Å². The molecule has 0 aliphatic carbocycles. The zero-order chi connectivity index (χ0) is 11.8. The second-order valence-corrected chi connectivity index (χ2v) is 6.73. The molecule has 1 saturated heterocycles. The Morgan fingerprint density at radius 2 is 1.88 bits per heavy atom. The Hall–Kier alpha value is -0.770. The van der Waals surface area contributed by atoms with E-state index in [9.17, 15) is 8.42 Å². The highest BCUT2D eigenvalue weighted by Gasteiger charge is 2.30. The van der Waals surface area contributed by atoms with Crippen molar-refractivity contribution in [2.24, 2.45) is 0 Å². The molecule has 0 bridgehead atoms. The first kappa shape index (κ1) is 11.7. The Balaban J connectivity index is 2.20. The van der Waals surface area contributed by atoms with E-state index in [-0.39, 0.29) is 9.47 Å². The number of sulfonamides is 1. The van der Waals surface area contributed by atoms with Gasteiger partial charge in [0.2, 0.25) is 9.47 Å². The summed E-state index contributed by atoms with van der Waals surface area (Å²) in [6, 6.07) is 0. The largest absolute Gasteiger partial charge is 0.374 e. The van der Waals surface area contributed by atoms with Crippen LogP contribution in [0.1, 0.15) is 0 Å². The molecule has 1 aromatic heterocycles. The second kappa shape index (κ2) is 4.24. The zero-order valence-electron chi connectivity index (χ0n) is 8.83. The Labute approximate surface area is 97.9 Å². The molecular formula is C7H13N5O2S2. The summed E-state index contributed by atoms with van der Waals surface area (Å²) in [7, 11) is -1.53. The Morgan fingerprint density at radius 1 is 1.25 bits per heavy atom. The first-order chi connectivity index (χ1) is 7.50. The summed E-state index contributed by atoms with van der Waals surface area (Å²) < 4.78 is 25.5. The third kappa shape index (κ3) is 2.17. The lowest BCUT2D eigenvalue weighted by atomic mass is 10.4. The SMILES string of the molecule is CN1CCN(S(=O)(=O)c2nnc(N)s2)CC1. The van der Waals surface area contributed by atoms with Crippen LogP contribution in [0, 0.1) is 0 Å². The van der Waals surface area contributed by atoms with Crippen molar-refractivity contribution in [2.75, 3.05) is 39.0 Å². The number of rotatable bonds is 2. The van der Waals surface area contributed by atoms with E-state index in [2.05, 4.69) is 15.1 Å². The molecule has 0 aromatic carbocycles. The van der Waals surface area contributed by atoms with Crippen molar-refractivity contribution in [2.45, 2.75) is 4.34 Å². The number of hydrogen-bond donors (Lipinski definition) is 1. The van der Waals surface area contributed by atoms with E-state index < -0.39 is 10.0 Å². The monoisotopic (exact) mass is 263 g/mol. The van der Waals surface area contributed by atoms with Crippen molar-refractivity contribution in [1.29, 1.82) is 0 Å². The van der Waals surface area contributed by atoms with Crippen LogP contribution in [0.4, 0.5) is 5.13 Å². The van der Waals surface area contributed by atoms with Gasteiger partial charge in [-0.2, -0.15) is 4.31 Å². The molecular weight excluding hydrogens is 250 g/mol. The van der Waals surface area contributed by atoms with Gasteiger partial charge in [-0.3, -0.25) is 0 Å². The normalized spacial score (nSPS) is 20.1. The van der Waals surface area contributed by atoms with Gasteiger partial charge >= 0.3 is 0 Å². The van der Waals surface area contributed by atoms with E-state index in [1.54, 1.807) is 0 Å². The fourth-order valence-corrected chi connectivity index (χ4v) is 3.81. The summed E-state index contributed by atoms with van der Waals surface area (Å²) in [6.45, 7) is 2.43. The van der Waals surface area contributed by atoms with Crippen LogP contribution in [0.15, 0.2) is 4.34 Å². The number of anilines is 1. The van der Waals surface area contributed by atoms with Crippen molar-refractivity contribution in [3.05, 3.63) is 0 Å². The molecule has 2 heterocycles. The summed E-state index contributed by atoms with van der Waals surface area (Å²) in [4.78, 5) is 2.08. The van der Waals surface area contributed by atoms with Crippen LogP contribution in [0.3, 0.4) is 0 Å². The predicted molar refractivity (Wildman–Crippen MR) is 60.6 cm³/mol. The minimum absolute atomic E-state index is 0.0189. The molecule has 16 heavy (non-hydrogen) atoms. The highest BCUT2D eigenvalue weighted by molar-refractivity contribution is 7.91. The van der Waals surface area contributed by atoms with Crippen LogP contribution in [0.2, 0.25) is 0 Å². The lowest BCUT2D eigenvalue weighted by Gasteiger charge is -2.30. The van der Waals surface area contributed by atoms with Crippen molar-refractivity contribution in [3.8, 4) is 0 Å². The molecule has 2 rings (SSSR count). The number of piperazine rings is 1. The topological polar surface area (TPSA) is 92.4 Å². The maximum absolute atomic E-state index is 12.1. The average Bonchev–Trinajstić information content (AvgIpc) is 2.66. The summed E-state index contributed by atoms with van der Waals surface area (Å²) in [5.74, 6) is 0. The van der Waals surface area contributed by atoms with Crippen LogP contribution in [-0.2, 0) is 10.0 Å². The number of nitrogens with two attached hydrogens (primary N) is 1. The molecule has 9 heteroatoms. The van der Waals surface area contributed by atoms with Gasteiger partial charge in [0.25, 0.3) is 10.0 Å². The number of aromatic nitrogens is 2. The molecule has 0 atom stereocenters. The Bertz CT molecular complexity index is 463. The van der Waals surface area contributed by atoms with Crippen LogP contribution < -0.4 is 5.73 Å². The first-order valence-corrected chi connectivity index (χ1v) is 7.03. The summed E-state index contributed by atoms with van der Waals surface area (Å²) in [5.41, 5.74) is 5.38. The smallest absolute Gasteiger partial charge is 0.272 e. The molecule has 0 radical (unpaired) electrons. The van der Waals surface area contributed by atoms with Gasteiger partial charge < -0.3 is 10.6 Å². The number of nitrogen functional groups attached to an aromatic ring is 1. The average molecular weight is 263 g/mol. The van der Waals surface area contributed by atoms with Gasteiger partial charge in [0.15, 0.2) is 0 Å². The molecule has 7 nitrogen and oxygen atoms in total. The van der Waals surface area contributed by atoms with Crippen molar-refractivity contribution in [1.82, 2.24) is 19.4 Å². The Morgan fingerprint density at radius 3 is 2.38 bits per heavy atom. The molecule has 2 N–H and O–H groups in total. The third-order valence-electron chi connectivity index (χ3n) is 2.44. The van der Waals surface area contributed by atoms with Crippen molar-refractivity contribution < 1.29 is 8.42 Å². The van der Waals surface area contributed by atoms with E-state index >= 15 is 0 Å². The highest BCUT2D eigenvalue weighted by atomic mass is 32.2. The van der Waals surface area contributed by atoms with Crippen LogP contribution in [-0.4, -0.2) is 61.0 Å². The minimum Gasteiger partial charge on any atom is -0.374 e.